The van der Waals surface area contributed by atoms with E-state index < -0.39 is 29.6 Å². The van der Waals surface area contributed by atoms with Gasteiger partial charge >= 0.3 is 5.97 Å². The van der Waals surface area contributed by atoms with E-state index in [-0.39, 0.29) is 12.0 Å². The van der Waals surface area contributed by atoms with Gasteiger partial charge in [0, 0.05) is 5.56 Å². The number of methoxy groups -OCH3 is 1. The molecular formula is C15H17F2NO3. The van der Waals surface area contributed by atoms with Crippen molar-refractivity contribution in [3.63, 3.8) is 0 Å². The van der Waals surface area contributed by atoms with Crippen molar-refractivity contribution in [1.29, 1.82) is 0 Å². The number of hydrogen-bond donors (Lipinski definition) is 1. The molecule has 1 aromatic carbocycles. The normalized spacial score (nSPS) is 11.5. The van der Waals surface area contributed by atoms with Gasteiger partial charge in [0.15, 0.2) is 11.6 Å². The van der Waals surface area contributed by atoms with Gasteiger partial charge in [-0.15, -0.1) is 0 Å². The molecule has 1 atom stereocenters. The average Bonchev–Trinajstić information content (AvgIpc) is 2.44. The summed E-state index contributed by atoms with van der Waals surface area (Å²) in [6.07, 6.45) is 2.03. The fourth-order valence-electron chi connectivity index (χ4n) is 1.59. The second-order valence-electron chi connectivity index (χ2n) is 4.70. The lowest BCUT2D eigenvalue weighted by atomic mass is 10.1. The van der Waals surface area contributed by atoms with Crippen molar-refractivity contribution in [1.82, 2.24) is 5.32 Å². The van der Waals surface area contributed by atoms with Gasteiger partial charge in [-0.2, -0.15) is 0 Å². The number of halogens is 2. The van der Waals surface area contributed by atoms with Crippen molar-refractivity contribution in [2.24, 2.45) is 0 Å². The van der Waals surface area contributed by atoms with Crippen LogP contribution >= 0.6 is 0 Å². The van der Waals surface area contributed by atoms with E-state index in [2.05, 4.69) is 10.1 Å². The fourth-order valence-corrected chi connectivity index (χ4v) is 1.59. The van der Waals surface area contributed by atoms with Gasteiger partial charge in [-0.1, -0.05) is 11.6 Å². The number of benzene rings is 1. The Morgan fingerprint density at radius 3 is 2.48 bits per heavy atom. The van der Waals surface area contributed by atoms with Gasteiger partial charge in [0.05, 0.1) is 7.11 Å². The molecule has 1 aromatic rings. The van der Waals surface area contributed by atoms with E-state index >= 15 is 0 Å². The molecule has 6 heteroatoms. The number of esters is 1. The van der Waals surface area contributed by atoms with Crippen LogP contribution in [0, 0.1) is 11.6 Å². The maximum absolute atomic E-state index is 13.1. The highest BCUT2D eigenvalue weighted by Crippen LogP contribution is 2.09. The topological polar surface area (TPSA) is 55.4 Å². The highest BCUT2D eigenvalue weighted by molar-refractivity contribution is 5.96. The first-order valence-electron chi connectivity index (χ1n) is 6.32. The predicted molar refractivity (Wildman–Crippen MR) is 73.7 cm³/mol. The van der Waals surface area contributed by atoms with Crippen LogP contribution < -0.4 is 5.32 Å². The third-order valence-electron chi connectivity index (χ3n) is 2.73. The van der Waals surface area contributed by atoms with Crippen molar-refractivity contribution >= 4 is 11.9 Å². The zero-order chi connectivity index (χ0) is 16.0. The van der Waals surface area contributed by atoms with E-state index in [0.29, 0.717) is 0 Å². The second-order valence-corrected chi connectivity index (χ2v) is 4.70. The quantitative estimate of drug-likeness (QED) is 0.671. The molecule has 0 saturated carbocycles. The van der Waals surface area contributed by atoms with Crippen LogP contribution in [0.4, 0.5) is 8.78 Å². The Kier molecular flexibility index (Phi) is 6.02. The molecule has 0 unspecified atom stereocenters. The SMILES string of the molecule is COC(=O)[C@@H](CC=C(C)C)NC(=O)c1ccc(F)c(F)c1. The summed E-state index contributed by atoms with van der Waals surface area (Å²) in [4.78, 5) is 23.6. The monoisotopic (exact) mass is 297 g/mol. The smallest absolute Gasteiger partial charge is 0.328 e. The first-order valence-corrected chi connectivity index (χ1v) is 6.32. The Bertz CT molecular complexity index is 566. The summed E-state index contributed by atoms with van der Waals surface area (Å²) < 4.78 is 30.5. The molecule has 1 amide bonds. The molecule has 1 N–H and O–H groups in total. The van der Waals surface area contributed by atoms with Gasteiger partial charge in [-0.25, -0.2) is 13.6 Å². The summed E-state index contributed by atoms with van der Waals surface area (Å²) in [5, 5.41) is 2.44. The molecule has 0 fully saturated rings. The third-order valence-corrected chi connectivity index (χ3v) is 2.73. The summed E-state index contributed by atoms with van der Waals surface area (Å²) in [6, 6.07) is 1.89. The van der Waals surface area contributed by atoms with E-state index in [1.165, 1.54) is 7.11 Å². The Morgan fingerprint density at radius 1 is 1.29 bits per heavy atom. The van der Waals surface area contributed by atoms with Gasteiger partial charge in [-0.05, 0) is 38.5 Å². The van der Waals surface area contributed by atoms with E-state index in [0.717, 1.165) is 23.8 Å². The summed E-state index contributed by atoms with van der Waals surface area (Å²) >= 11 is 0. The van der Waals surface area contributed by atoms with Crippen molar-refractivity contribution in [2.45, 2.75) is 26.3 Å². The first-order chi connectivity index (χ1) is 9.85. The standard InChI is InChI=1S/C15H17F2NO3/c1-9(2)4-7-13(15(20)21-3)18-14(19)10-5-6-11(16)12(17)8-10/h4-6,8,13H,7H2,1-3H3,(H,18,19)/t13-/m1/s1. The molecule has 0 aliphatic carbocycles. The van der Waals surface area contributed by atoms with Crippen LogP contribution in [0.1, 0.15) is 30.6 Å². The van der Waals surface area contributed by atoms with Crippen molar-refractivity contribution < 1.29 is 23.1 Å². The molecule has 0 saturated heterocycles. The highest BCUT2D eigenvalue weighted by atomic mass is 19.2. The van der Waals surface area contributed by atoms with Gasteiger partial charge in [-0.3, -0.25) is 4.79 Å². The lowest BCUT2D eigenvalue weighted by molar-refractivity contribution is -0.142. The van der Waals surface area contributed by atoms with Gasteiger partial charge in [0.25, 0.3) is 5.91 Å². The minimum Gasteiger partial charge on any atom is -0.467 e. The predicted octanol–water partition coefficient (Wildman–Crippen LogP) is 2.59. The molecule has 0 radical (unpaired) electrons. The Balaban J connectivity index is 2.86. The number of carbonyl (C=O) groups is 2. The number of carbonyl (C=O) groups excluding carboxylic acids is 2. The number of rotatable bonds is 5. The second kappa shape index (κ2) is 7.52. The van der Waals surface area contributed by atoms with Gasteiger partial charge in [0.2, 0.25) is 0 Å². The largest absolute Gasteiger partial charge is 0.467 e. The van der Waals surface area contributed by atoms with E-state index in [9.17, 15) is 18.4 Å². The van der Waals surface area contributed by atoms with Crippen LogP contribution in [0.25, 0.3) is 0 Å². The average molecular weight is 297 g/mol. The molecule has 0 bridgehead atoms. The summed E-state index contributed by atoms with van der Waals surface area (Å²) in [6.45, 7) is 3.71. The summed E-state index contributed by atoms with van der Waals surface area (Å²) in [5.74, 6) is -3.45. The van der Waals surface area contributed by atoms with Crippen molar-refractivity contribution in [3.8, 4) is 0 Å². The number of hydrogen-bond acceptors (Lipinski definition) is 3. The lowest BCUT2D eigenvalue weighted by Crippen LogP contribution is -2.41. The molecule has 0 spiro atoms. The minimum absolute atomic E-state index is 0.0694. The molecule has 0 aliphatic rings. The van der Waals surface area contributed by atoms with Crippen LogP contribution in [0.5, 0.6) is 0 Å². The number of amides is 1. The molecule has 0 heterocycles. The maximum Gasteiger partial charge on any atom is 0.328 e. The van der Waals surface area contributed by atoms with Crippen LogP contribution in [-0.2, 0) is 9.53 Å². The van der Waals surface area contributed by atoms with Crippen molar-refractivity contribution in [2.75, 3.05) is 7.11 Å². The molecular weight excluding hydrogens is 280 g/mol. The highest BCUT2D eigenvalue weighted by Gasteiger charge is 2.21. The summed E-state index contributed by atoms with van der Waals surface area (Å²) in [5.41, 5.74) is 0.908. The Morgan fingerprint density at radius 2 is 1.95 bits per heavy atom. The number of ether oxygens (including phenoxy) is 1. The molecule has 0 aromatic heterocycles. The van der Waals surface area contributed by atoms with Crippen molar-refractivity contribution in [3.05, 3.63) is 47.0 Å². The third kappa shape index (κ3) is 4.98. The molecule has 1 rings (SSSR count). The Hall–Kier alpha value is -2.24. The number of nitrogens with one attached hydrogen (secondary N) is 1. The molecule has 21 heavy (non-hydrogen) atoms. The number of allylic oxidation sites excluding steroid dienone is 1. The minimum atomic E-state index is -1.12. The molecule has 0 aliphatic heterocycles. The zero-order valence-electron chi connectivity index (χ0n) is 12.1. The first kappa shape index (κ1) is 16.8. The lowest BCUT2D eigenvalue weighted by Gasteiger charge is -2.15. The van der Waals surface area contributed by atoms with Crippen LogP contribution in [-0.4, -0.2) is 25.0 Å². The van der Waals surface area contributed by atoms with Crippen LogP contribution in [0.2, 0.25) is 0 Å². The fraction of sp³-hybridized carbons (Fsp3) is 0.333. The van der Waals surface area contributed by atoms with Gasteiger partial charge < -0.3 is 10.1 Å². The van der Waals surface area contributed by atoms with Crippen LogP contribution in [0.3, 0.4) is 0 Å². The van der Waals surface area contributed by atoms with Gasteiger partial charge in [0.1, 0.15) is 6.04 Å². The van der Waals surface area contributed by atoms with E-state index in [1.807, 2.05) is 13.8 Å². The Labute approximate surface area is 121 Å². The summed E-state index contributed by atoms with van der Waals surface area (Å²) in [7, 11) is 1.21. The maximum atomic E-state index is 13.1. The van der Waals surface area contributed by atoms with E-state index in [1.54, 1.807) is 6.08 Å². The molecule has 4 nitrogen and oxygen atoms in total. The van der Waals surface area contributed by atoms with Crippen LogP contribution in [0.15, 0.2) is 29.8 Å². The van der Waals surface area contributed by atoms with E-state index in [4.69, 9.17) is 0 Å². The molecule has 114 valence electrons. The zero-order valence-corrected chi connectivity index (χ0v) is 12.1.